The van der Waals surface area contributed by atoms with Crippen molar-refractivity contribution in [3.63, 3.8) is 0 Å². The van der Waals surface area contributed by atoms with Crippen LogP contribution in [0.1, 0.15) is 53.1 Å². The van der Waals surface area contributed by atoms with Crippen LogP contribution >= 0.6 is 11.6 Å². The summed E-state index contributed by atoms with van der Waals surface area (Å²) in [7, 11) is 0. The van der Waals surface area contributed by atoms with Crippen LogP contribution in [-0.4, -0.2) is 59.6 Å². The molecule has 2 aromatic carbocycles. The van der Waals surface area contributed by atoms with Crippen LogP contribution < -0.4 is 15.8 Å². The van der Waals surface area contributed by atoms with Crippen molar-refractivity contribution in [3.8, 4) is 17.0 Å². The van der Waals surface area contributed by atoms with Crippen LogP contribution in [0.4, 0.5) is 0 Å². The first-order valence-corrected chi connectivity index (χ1v) is 14.0. The average molecular weight is 564 g/mol. The topological polar surface area (TPSA) is 120 Å². The Balaban J connectivity index is 1.23. The van der Waals surface area contributed by atoms with Crippen molar-refractivity contribution in [1.82, 2.24) is 20.2 Å². The number of benzene rings is 2. The van der Waals surface area contributed by atoms with Crippen molar-refractivity contribution in [2.75, 3.05) is 32.9 Å². The Labute approximate surface area is 239 Å². The smallest absolute Gasteiger partial charge is 0.254 e. The zero-order valence-electron chi connectivity index (χ0n) is 22.6. The molecular formula is C30H34ClN5O4. The van der Waals surface area contributed by atoms with Crippen LogP contribution in [0.25, 0.3) is 11.3 Å². The first-order valence-electron chi connectivity index (χ1n) is 13.6. The maximum absolute atomic E-state index is 13.3. The number of nitrogens with zero attached hydrogens (tertiary/aromatic N) is 3. The zero-order valence-corrected chi connectivity index (χ0v) is 23.3. The predicted molar refractivity (Wildman–Crippen MR) is 152 cm³/mol. The van der Waals surface area contributed by atoms with E-state index in [-0.39, 0.29) is 24.4 Å². The Hall–Kier alpha value is -3.53. The van der Waals surface area contributed by atoms with Crippen molar-refractivity contribution in [1.29, 1.82) is 0 Å². The highest BCUT2D eigenvalue weighted by Gasteiger charge is 2.30. The number of aromatic nitrogens is 2. The molecule has 2 aliphatic rings. The highest BCUT2D eigenvalue weighted by Crippen LogP contribution is 2.31. The molecule has 0 radical (unpaired) electrons. The second-order valence-electron chi connectivity index (χ2n) is 10.3. The van der Waals surface area contributed by atoms with E-state index in [9.17, 15) is 9.59 Å². The van der Waals surface area contributed by atoms with Crippen molar-refractivity contribution >= 4 is 23.4 Å². The summed E-state index contributed by atoms with van der Waals surface area (Å²) >= 11 is 6.49. The molecule has 3 heterocycles. The van der Waals surface area contributed by atoms with E-state index in [1.54, 1.807) is 11.1 Å². The average Bonchev–Trinajstić information content (AvgIpc) is 3.27. The van der Waals surface area contributed by atoms with Gasteiger partial charge in [-0.25, -0.2) is 9.97 Å². The summed E-state index contributed by atoms with van der Waals surface area (Å²) < 4.78 is 11.0. The van der Waals surface area contributed by atoms with Gasteiger partial charge in [-0.1, -0.05) is 35.9 Å². The molecule has 2 aliphatic heterocycles. The molecule has 1 saturated heterocycles. The third-order valence-electron chi connectivity index (χ3n) is 7.32. The van der Waals surface area contributed by atoms with Gasteiger partial charge in [-0.05, 0) is 55.0 Å². The van der Waals surface area contributed by atoms with Gasteiger partial charge in [0.25, 0.3) is 5.91 Å². The zero-order chi connectivity index (χ0) is 28.1. The summed E-state index contributed by atoms with van der Waals surface area (Å²) in [5, 5.41) is 3.42. The van der Waals surface area contributed by atoms with Gasteiger partial charge in [0.1, 0.15) is 24.7 Å². The van der Waals surface area contributed by atoms with Crippen molar-refractivity contribution < 1.29 is 19.1 Å². The van der Waals surface area contributed by atoms with Gasteiger partial charge in [0, 0.05) is 50.0 Å². The number of carbonyl (C=O) groups excluding carboxylic acids is 2. The lowest BCUT2D eigenvalue weighted by Crippen LogP contribution is -2.38. The number of hydrogen-bond acceptors (Lipinski definition) is 7. The standard InChI is InChI=1S/C30H34ClN5O4/c1-19(21-3-2-4-24(14-21)40-12-9-32)34-28(37)18-36-17-23-6-5-22(15-25(23)30(36)38)29-26(31)16-33-27(35-29)13-20-7-10-39-11-8-20/h2-6,14-16,19-20H,7-13,17-18,32H2,1H3,(H,34,37)/t19-/m1/s1. The molecule has 10 heteroatoms. The highest BCUT2D eigenvalue weighted by molar-refractivity contribution is 6.32. The molecule has 0 spiro atoms. The molecular weight excluding hydrogens is 530 g/mol. The fourth-order valence-corrected chi connectivity index (χ4v) is 5.34. The molecule has 0 saturated carbocycles. The lowest BCUT2D eigenvalue weighted by molar-refractivity contribution is -0.122. The van der Waals surface area contributed by atoms with Crippen LogP contribution in [0.15, 0.2) is 48.7 Å². The quantitative estimate of drug-likeness (QED) is 0.383. The summed E-state index contributed by atoms with van der Waals surface area (Å²) in [6.07, 6.45) is 4.38. The minimum Gasteiger partial charge on any atom is -0.492 e. The number of fused-ring (bicyclic) bond motifs is 1. The predicted octanol–water partition coefficient (Wildman–Crippen LogP) is 3.94. The summed E-state index contributed by atoms with van der Waals surface area (Å²) in [5.74, 6) is 1.50. The molecule has 1 fully saturated rings. The summed E-state index contributed by atoms with van der Waals surface area (Å²) in [6, 6.07) is 12.9. The van der Waals surface area contributed by atoms with E-state index < -0.39 is 0 Å². The van der Waals surface area contributed by atoms with Crippen LogP contribution in [0, 0.1) is 5.92 Å². The molecule has 40 heavy (non-hydrogen) atoms. The highest BCUT2D eigenvalue weighted by atomic mass is 35.5. The molecule has 1 aromatic heterocycles. The molecule has 0 unspecified atom stereocenters. The second-order valence-corrected chi connectivity index (χ2v) is 10.7. The molecule has 2 amide bonds. The fraction of sp³-hybridized carbons (Fsp3) is 0.400. The van der Waals surface area contributed by atoms with Gasteiger partial charge in [0.2, 0.25) is 5.91 Å². The maximum Gasteiger partial charge on any atom is 0.254 e. The van der Waals surface area contributed by atoms with Gasteiger partial charge in [-0.2, -0.15) is 0 Å². The lowest BCUT2D eigenvalue weighted by Gasteiger charge is -2.21. The molecule has 3 aromatic rings. The van der Waals surface area contributed by atoms with Gasteiger partial charge in [-0.3, -0.25) is 9.59 Å². The number of nitrogens with one attached hydrogen (secondary N) is 1. The van der Waals surface area contributed by atoms with Crippen LogP contribution in [0.3, 0.4) is 0 Å². The molecule has 210 valence electrons. The molecule has 0 aliphatic carbocycles. The molecule has 1 atom stereocenters. The molecule has 5 rings (SSSR count). The first kappa shape index (κ1) is 28.0. The molecule has 9 nitrogen and oxygen atoms in total. The van der Waals surface area contributed by atoms with E-state index in [4.69, 9.17) is 31.8 Å². The third-order valence-corrected chi connectivity index (χ3v) is 7.60. The van der Waals surface area contributed by atoms with Gasteiger partial charge in [0.05, 0.1) is 16.8 Å². The number of amides is 2. The van der Waals surface area contributed by atoms with Gasteiger partial charge < -0.3 is 25.4 Å². The number of halogens is 1. The molecule has 3 N–H and O–H groups in total. The first-order chi connectivity index (χ1) is 19.4. The van der Waals surface area contributed by atoms with Crippen LogP contribution in [0.5, 0.6) is 5.75 Å². The fourth-order valence-electron chi connectivity index (χ4n) is 5.14. The van der Waals surface area contributed by atoms with Crippen molar-refractivity contribution in [2.45, 2.75) is 38.8 Å². The Morgan fingerprint density at radius 3 is 2.88 bits per heavy atom. The van der Waals surface area contributed by atoms with Gasteiger partial charge in [-0.15, -0.1) is 0 Å². The Morgan fingerprint density at radius 2 is 2.08 bits per heavy atom. The Bertz CT molecular complexity index is 1380. The lowest BCUT2D eigenvalue weighted by atomic mass is 9.96. The van der Waals surface area contributed by atoms with E-state index in [1.165, 1.54) is 0 Å². The van der Waals surface area contributed by atoms with E-state index in [2.05, 4.69) is 10.3 Å². The number of carbonyl (C=O) groups is 2. The minimum atomic E-state index is -0.254. The number of nitrogens with two attached hydrogens (primary N) is 1. The van der Waals surface area contributed by atoms with Gasteiger partial charge in [0.15, 0.2) is 0 Å². The van der Waals surface area contributed by atoms with Gasteiger partial charge >= 0.3 is 0 Å². The van der Waals surface area contributed by atoms with Crippen LogP contribution in [0.2, 0.25) is 5.02 Å². The Morgan fingerprint density at radius 1 is 1.25 bits per heavy atom. The number of ether oxygens (including phenoxy) is 2. The van der Waals surface area contributed by atoms with Crippen LogP contribution in [-0.2, 0) is 22.5 Å². The van der Waals surface area contributed by atoms with Crippen molar-refractivity contribution in [3.05, 3.63) is 76.2 Å². The largest absolute Gasteiger partial charge is 0.492 e. The van der Waals surface area contributed by atoms with E-state index in [0.29, 0.717) is 47.6 Å². The maximum atomic E-state index is 13.3. The summed E-state index contributed by atoms with van der Waals surface area (Å²) in [6.45, 7) is 4.60. The normalized spacial score (nSPS) is 16.1. The summed E-state index contributed by atoms with van der Waals surface area (Å²) in [4.78, 5) is 36.9. The Kier molecular flexibility index (Phi) is 8.94. The monoisotopic (exact) mass is 563 g/mol. The third kappa shape index (κ3) is 6.60. The van der Waals surface area contributed by atoms with E-state index in [0.717, 1.165) is 55.0 Å². The minimum absolute atomic E-state index is 0.0416. The second kappa shape index (κ2) is 12.8. The van der Waals surface area contributed by atoms with E-state index >= 15 is 0 Å². The number of rotatable bonds is 10. The van der Waals surface area contributed by atoms with Crippen molar-refractivity contribution in [2.24, 2.45) is 11.7 Å². The SMILES string of the molecule is C[C@@H](NC(=O)CN1Cc2ccc(-c3nc(CC4CCOCC4)ncc3Cl)cc2C1=O)c1cccc(OCCN)c1. The molecule has 0 bridgehead atoms. The number of hydrogen-bond donors (Lipinski definition) is 2. The summed E-state index contributed by atoms with van der Waals surface area (Å²) in [5.41, 5.74) is 9.21. The van der Waals surface area contributed by atoms with E-state index in [1.807, 2.05) is 49.4 Å².